The molecule has 1 saturated heterocycles. The van der Waals surface area contributed by atoms with E-state index in [1.807, 2.05) is 4.90 Å². The minimum atomic E-state index is 0.182. The molecule has 0 radical (unpaired) electrons. The highest BCUT2D eigenvalue weighted by Gasteiger charge is 2.25. The number of carbonyl (C=O) groups excluding carboxylic acids is 1. The van der Waals surface area contributed by atoms with Gasteiger partial charge in [-0.15, -0.1) is 0 Å². The molecule has 1 aliphatic heterocycles. The molecule has 2 rings (SSSR count). The lowest BCUT2D eigenvalue weighted by atomic mass is 10.0. The van der Waals surface area contributed by atoms with Gasteiger partial charge in [-0.2, -0.15) is 0 Å². The topological polar surface area (TPSA) is 23.6 Å². The van der Waals surface area contributed by atoms with Gasteiger partial charge in [-0.25, -0.2) is 0 Å². The first-order valence-corrected chi connectivity index (χ1v) is 7.11. The highest BCUT2D eigenvalue weighted by Crippen LogP contribution is 2.23. The molecule has 19 heavy (non-hydrogen) atoms. The van der Waals surface area contributed by atoms with E-state index in [9.17, 15) is 4.79 Å². The van der Waals surface area contributed by atoms with E-state index in [1.165, 1.54) is 11.3 Å². The maximum absolute atomic E-state index is 11.4. The van der Waals surface area contributed by atoms with E-state index in [0.717, 1.165) is 19.6 Å². The summed E-state index contributed by atoms with van der Waals surface area (Å²) in [5.74, 6) is 0.752. The van der Waals surface area contributed by atoms with E-state index in [0.29, 0.717) is 12.0 Å². The van der Waals surface area contributed by atoms with Crippen LogP contribution in [0.2, 0.25) is 0 Å². The van der Waals surface area contributed by atoms with E-state index in [1.54, 1.807) is 6.92 Å². The van der Waals surface area contributed by atoms with Crippen LogP contribution in [0.5, 0.6) is 0 Å². The van der Waals surface area contributed by atoms with Gasteiger partial charge in [0.25, 0.3) is 0 Å². The van der Waals surface area contributed by atoms with Crippen molar-refractivity contribution in [3.8, 4) is 0 Å². The molecule has 0 aliphatic carbocycles. The highest BCUT2D eigenvalue weighted by molar-refractivity contribution is 5.73. The van der Waals surface area contributed by atoms with Gasteiger partial charge >= 0.3 is 0 Å². The van der Waals surface area contributed by atoms with Crippen molar-refractivity contribution in [2.75, 3.05) is 24.5 Å². The van der Waals surface area contributed by atoms with E-state index in [2.05, 4.69) is 49.9 Å². The molecule has 104 valence electrons. The highest BCUT2D eigenvalue weighted by atomic mass is 16.2. The third kappa shape index (κ3) is 3.09. The molecule has 1 heterocycles. The number of piperazine rings is 1. The maximum Gasteiger partial charge on any atom is 0.219 e. The van der Waals surface area contributed by atoms with E-state index in [4.69, 9.17) is 0 Å². The predicted octanol–water partition coefficient (Wildman–Crippen LogP) is 2.87. The minimum Gasteiger partial charge on any atom is -0.365 e. The zero-order valence-corrected chi connectivity index (χ0v) is 12.4. The van der Waals surface area contributed by atoms with Crippen LogP contribution in [0.15, 0.2) is 24.3 Å². The molecular weight excluding hydrogens is 236 g/mol. The predicted molar refractivity (Wildman–Crippen MR) is 79.6 cm³/mol. The zero-order chi connectivity index (χ0) is 14.0. The smallest absolute Gasteiger partial charge is 0.219 e. The Balaban J connectivity index is 2.08. The van der Waals surface area contributed by atoms with Crippen molar-refractivity contribution in [2.24, 2.45) is 0 Å². The number of carbonyl (C=O) groups is 1. The van der Waals surface area contributed by atoms with Crippen molar-refractivity contribution in [3.63, 3.8) is 0 Å². The number of rotatable bonds is 2. The van der Waals surface area contributed by atoms with Crippen LogP contribution in [0.3, 0.4) is 0 Å². The molecule has 1 amide bonds. The van der Waals surface area contributed by atoms with Gasteiger partial charge in [-0.1, -0.05) is 26.0 Å². The fourth-order valence-electron chi connectivity index (χ4n) is 2.68. The molecule has 1 atom stereocenters. The molecular formula is C16H24N2O. The molecule has 1 aromatic carbocycles. The average molecular weight is 260 g/mol. The Labute approximate surface area is 116 Å². The molecule has 0 bridgehead atoms. The average Bonchev–Trinajstić information content (AvgIpc) is 2.38. The Kier molecular flexibility index (Phi) is 4.13. The van der Waals surface area contributed by atoms with Gasteiger partial charge in [0.1, 0.15) is 0 Å². The molecule has 3 nitrogen and oxygen atoms in total. The summed E-state index contributed by atoms with van der Waals surface area (Å²) in [5.41, 5.74) is 2.64. The maximum atomic E-state index is 11.4. The lowest BCUT2D eigenvalue weighted by molar-refractivity contribution is -0.129. The van der Waals surface area contributed by atoms with Crippen molar-refractivity contribution >= 4 is 11.6 Å². The van der Waals surface area contributed by atoms with Crippen LogP contribution in [0.4, 0.5) is 5.69 Å². The summed E-state index contributed by atoms with van der Waals surface area (Å²) in [5, 5.41) is 0. The lowest BCUT2D eigenvalue weighted by Crippen LogP contribution is -2.53. The Morgan fingerprint density at radius 2 is 1.84 bits per heavy atom. The summed E-state index contributed by atoms with van der Waals surface area (Å²) in [7, 11) is 0. The quantitative estimate of drug-likeness (QED) is 0.816. The lowest BCUT2D eigenvalue weighted by Gasteiger charge is -2.41. The standard InChI is InChI=1S/C16H24N2O/c1-12(2)15-5-7-16(8-6-15)18-10-9-17(14(4)19)11-13(18)3/h5-8,12-13H,9-11H2,1-4H3/t13-/m1/s1. The number of hydrogen-bond acceptors (Lipinski definition) is 2. The number of amides is 1. The molecule has 1 fully saturated rings. The van der Waals surface area contributed by atoms with E-state index >= 15 is 0 Å². The first-order chi connectivity index (χ1) is 8.99. The van der Waals surface area contributed by atoms with Crippen LogP contribution in [-0.4, -0.2) is 36.5 Å². The molecule has 0 spiro atoms. The van der Waals surface area contributed by atoms with Crippen LogP contribution in [0.1, 0.15) is 39.2 Å². The summed E-state index contributed by atoms with van der Waals surface area (Å²) in [6.07, 6.45) is 0. The number of benzene rings is 1. The van der Waals surface area contributed by atoms with Crippen molar-refractivity contribution in [1.82, 2.24) is 4.90 Å². The van der Waals surface area contributed by atoms with E-state index < -0.39 is 0 Å². The zero-order valence-electron chi connectivity index (χ0n) is 12.4. The van der Waals surface area contributed by atoms with Crippen LogP contribution in [0.25, 0.3) is 0 Å². The third-order valence-corrected chi connectivity index (χ3v) is 3.96. The molecule has 0 N–H and O–H groups in total. The van der Waals surface area contributed by atoms with Gasteiger partial charge in [0.05, 0.1) is 0 Å². The molecule has 1 aliphatic rings. The van der Waals surface area contributed by atoms with Crippen LogP contribution < -0.4 is 4.90 Å². The van der Waals surface area contributed by atoms with Crippen molar-refractivity contribution in [2.45, 2.75) is 39.7 Å². The first-order valence-electron chi connectivity index (χ1n) is 7.11. The number of anilines is 1. The Hall–Kier alpha value is -1.51. The van der Waals surface area contributed by atoms with Gasteiger partial charge in [-0.3, -0.25) is 4.79 Å². The molecule has 1 aromatic rings. The van der Waals surface area contributed by atoms with Crippen molar-refractivity contribution in [3.05, 3.63) is 29.8 Å². The third-order valence-electron chi connectivity index (χ3n) is 3.96. The van der Waals surface area contributed by atoms with Gasteiger partial charge < -0.3 is 9.80 Å². The minimum absolute atomic E-state index is 0.182. The number of hydrogen-bond donors (Lipinski definition) is 0. The second-order valence-corrected chi connectivity index (χ2v) is 5.75. The summed E-state index contributed by atoms with van der Waals surface area (Å²) in [4.78, 5) is 15.7. The van der Waals surface area contributed by atoms with E-state index in [-0.39, 0.29) is 5.91 Å². The molecule has 0 unspecified atom stereocenters. The summed E-state index contributed by atoms with van der Waals surface area (Å²) in [6, 6.07) is 9.21. The van der Waals surface area contributed by atoms with Gasteiger partial charge in [0, 0.05) is 38.3 Å². The van der Waals surface area contributed by atoms with Crippen LogP contribution >= 0.6 is 0 Å². The number of nitrogens with zero attached hydrogens (tertiary/aromatic N) is 2. The van der Waals surface area contributed by atoms with Gasteiger partial charge in [0.2, 0.25) is 5.91 Å². The summed E-state index contributed by atoms with van der Waals surface area (Å²) >= 11 is 0. The van der Waals surface area contributed by atoms with Crippen molar-refractivity contribution in [1.29, 1.82) is 0 Å². The fraction of sp³-hybridized carbons (Fsp3) is 0.562. The second-order valence-electron chi connectivity index (χ2n) is 5.75. The van der Waals surface area contributed by atoms with Crippen LogP contribution in [0, 0.1) is 0 Å². The first kappa shape index (κ1) is 13.9. The molecule has 3 heteroatoms. The molecule has 0 aromatic heterocycles. The monoisotopic (exact) mass is 260 g/mol. The van der Waals surface area contributed by atoms with Crippen LogP contribution in [-0.2, 0) is 4.79 Å². The molecule has 0 saturated carbocycles. The normalized spacial score (nSPS) is 19.9. The van der Waals surface area contributed by atoms with Gasteiger partial charge in [0.15, 0.2) is 0 Å². The summed E-state index contributed by atoms with van der Waals surface area (Å²) in [6.45, 7) is 10.8. The largest absolute Gasteiger partial charge is 0.365 e. The van der Waals surface area contributed by atoms with Gasteiger partial charge in [-0.05, 0) is 30.5 Å². The summed E-state index contributed by atoms with van der Waals surface area (Å²) < 4.78 is 0. The second kappa shape index (κ2) is 5.64. The van der Waals surface area contributed by atoms with Crippen molar-refractivity contribution < 1.29 is 4.79 Å². The Bertz CT molecular complexity index is 439. The fourth-order valence-corrected chi connectivity index (χ4v) is 2.68. The SMILES string of the molecule is CC(=O)N1CCN(c2ccc(C(C)C)cc2)[C@H](C)C1. The Morgan fingerprint density at radius 3 is 2.32 bits per heavy atom. The Morgan fingerprint density at radius 1 is 1.21 bits per heavy atom.